The molecule has 0 atom stereocenters. The van der Waals surface area contributed by atoms with Crippen molar-refractivity contribution in [3.05, 3.63) is 24.0 Å². The molecule has 0 aromatic carbocycles. The number of aryl methyl sites for hydroxylation is 1. The van der Waals surface area contributed by atoms with Crippen LogP contribution in [0.5, 0.6) is 0 Å². The van der Waals surface area contributed by atoms with Crippen molar-refractivity contribution >= 4 is 17.2 Å². The molecule has 1 rings (SSSR count). The number of aromatic nitrogens is 2. The van der Waals surface area contributed by atoms with Gasteiger partial charge in [0.25, 0.3) is 0 Å². The summed E-state index contributed by atoms with van der Waals surface area (Å²) in [6.45, 7) is 5.08. The van der Waals surface area contributed by atoms with Crippen molar-refractivity contribution in [2.75, 3.05) is 5.88 Å². The third-order valence-corrected chi connectivity index (χ3v) is 2.19. The average Bonchev–Trinajstić information content (AvgIpc) is 2.62. The summed E-state index contributed by atoms with van der Waals surface area (Å²) < 4.78 is 1.92. The van der Waals surface area contributed by atoms with Crippen LogP contribution in [0.25, 0.3) is 5.57 Å². The Kier molecular flexibility index (Phi) is 4.03. The lowest BCUT2D eigenvalue weighted by Crippen LogP contribution is -1.92. The van der Waals surface area contributed by atoms with Crippen molar-refractivity contribution in [3.63, 3.8) is 0 Å². The van der Waals surface area contributed by atoms with Gasteiger partial charge in [-0.25, -0.2) is 0 Å². The number of hydrogen-bond donors (Lipinski definition) is 0. The summed E-state index contributed by atoms with van der Waals surface area (Å²) >= 11 is 5.60. The minimum atomic E-state index is 0.680. The molecule has 1 aromatic heterocycles. The molecular weight excluding hydrogens is 184 g/mol. The summed E-state index contributed by atoms with van der Waals surface area (Å²) in [6, 6.07) is 0. The van der Waals surface area contributed by atoms with E-state index in [1.807, 2.05) is 10.9 Å². The molecule has 0 saturated heterocycles. The quantitative estimate of drug-likeness (QED) is 0.681. The third-order valence-electron chi connectivity index (χ3n) is 1.97. The first kappa shape index (κ1) is 10.3. The Hall–Kier alpha value is -0.760. The molecule has 0 unspecified atom stereocenters. The normalized spacial score (nSPS) is 12.1. The van der Waals surface area contributed by atoms with Gasteiger partial charge in [-0.3, -0.25) is 4.68 Å². The molecule has 72 valence electrons. The first-order valence-corrected chi connectivity index (χ1v) is 5.07. The van der Waals surface area contributed by atoms with Crippen molar-refractivity contribution < 1.29 is 0 Å². The lowest BCUT2D eigenvalue weighted by molar-refractivity contribution is 0.659. The molecule has 0 aliphatic rings. The highest BCUT2D eigenvalue weighted by Gasteiger charge is 1.98. The molecule has 1 aromatic rings. The SMILES string of the molecule is CCn1cc(C(C)=CCCCl)cn1. The molecule has 0 fully saturated rings. The van der Waals surface area contributed by atoms with Crippen LogP contribution < -0.4 is 0 Å². The van der Waals surface area contributed by atoms with E-state index in [9.17, 15) is 0 Å². The van der Waals surface area contributed by atoms with Crippen molar-refractivity contribution in [2.45, 2.75) is 26.8 Å². The van der Waals surface area contributed by atoms with Gasteiger partial charge in [-0.1, -0.05) is 6.08 Å². The Morgan fingerprint density at radius 1 is 1.69 bits per heavy atom. The second-order valence-corrected chi connectivity index (χ2v) is 3.33. The van der Waals surface area contributed by atoms with E-state index in [4.69, 9.17) is 11.6 Å². The number of hydrogen-bond acceptors (Lipinski definition) is 1. The van der Waals surface area contributed by atoms with Crippen molar-refractivity contribution in [1.82, 2.24) is 9.78 Å². The van der Waals surface area contributed by atoms with Gasteiger partial charge in [0.15, 0.2) is 0 Å². The number of alkyl halides is 1. The van der Waals surface area contributed by atoms with Crippen LogP contribution in [-0.2, 0) is 6.54 Å². The molecule has 0 N–H and O–H groups in total. The van der Waals surface area contributed by atoms with Crippen LogP contribution in [-0.4, -0.2) is 15.7 Å². The van der Waals surface area contributed by atoms with Crippen LogP contribution in [0.2, 0.25) is 0 Å². The lowest BCUT2D eigenvalue weighted by Gasteiger charge is -1.95. The zero-order valence-corrected chi connectivity index (χ0v) is 8.88. The fourth-order valence-electron chi connectivity index (χ4n) is 1.13. The van der Waals surface area contributed by atoms with Crippen molar-refractivity contribution in [1.29, 1.82) is 0 Å². The Balaban J connectivity index is 2.70. The van der Waals surface area contributed by atoms with Gasteiger partial charge in [-0.05, 0) is 25.8 Å². The van der Waals surface area contributed by atoms with E-state index in [0.29, 0.717) is 5.88 Å². The predicted octanol–water partition coefficient (Wildman–Crippen LogP) is 2.94. The second kappa shape index (κ2) is 5.07. The molecule has 0 amide bonds. The van der Waals surface area contributed by atoms with Crippen molar-refractivity contribution in [3.8, 4) is 0 Å². The Bertz CT molecular complexity index is 289. The van der Waals surface area contributed by atoms with Gasteiger partial charge in [-0.15, -0.1) is 11.6 Å². The maximum atomic E-state index is 5.60. The van der Waals surface area contributed by atoms with Crippen LogP contribution in [0, 0.1) is 0 Å². The minimum Gasteiger partial charge on any atom is -0.272 e. The van der Waals surface area contributed by atoms with Crippen LogP contribution >= 0.6 is 11.6 Å². The van der Waals surface area contributed by atoms with Crippen LogP contribution in [0.4, 0.5) is 0 Å². The molecule has 1 heterocycles. The topological polar surface area (TPSA) is 17.8 Å². The molecular formula is C10H15ClN2. The second-order valence-electron chi connectivity index (χ2n) is 2.95. The highest BCUT2D eigenvalue weighted by atomic mass is 35.5. The van der Waals surface area contributed by atoms with Gasteiger partial charge in [0, 0.05) is 24.2 Å². The van der Waals surface area contributed by atoms with Gasteiger partial charge in [0.05, 0.1) is 6.20 Å². The smallest absolute Gasteiger partial charge is 0.0564 e. The molecule has 0 bridgehead atoms. The Morgan fingerprint density at radius 3 is 3.00 bits per heavy atom. The van der Waals surface area contributed by atoms with E-state index in [1.165, 1.54) is 11.1 Å². The average molecular weight is 199 g/mol. The monoisotopic (exact) mass is 198 g/mol. The largest absolute Gasteiger partial charge is 0.272 e. The van der Waals surface area contributed by atoms with Crippen LogP contribution in [0.1, 0.15) is 25.8 Å². The van der Waals surface area contributed by atoms with E-state index in [0.717, 1.165) is 13.0 Å². The van der Waals surface area contributed by atoms with Crippen LogP contribution in [0.15, 0.2) is 18.5 Å². The first-order chi connectivity index (χ1) is 6.27. The maximum absolute atomic E-state index is 5.60. The molecule has 2 nitrogen and oxygen atoms in total. The number of rotatable bonds is 4. The molecule has 0 aliphatic carbocycles. The van der Waals surface area contributed by atoms with E-state index in [1.54, 1.807) is 0 Å². The fourth-order valence-corrected chi connectivity index (χ4v) is 1.24. The van der Waals surface area contributed by atoms with Gasteiger partial charge in [0.2, 0.25) is 0 Å². The Labute approximate surface area is 84.2 Å². The molecule has 3 heteroatoms. The van der Waals surface area contributed by atoms with E-state index >= 15 is 0 Å². The zero-order chi connectivity index (χ0) is 9.68. The predicted molar refractivity (Wildman–Crippen MR) is 56.9 cm³/mol. The number of allylic oxidation sites excluding steroid dienone is 2. The van der Waals surface area contributed by atoms with Gasteiger partial charge >= 0.3 is 0 Å². The minimum absolute atomic E-state index is 0.680. The molecule has 0 spiro atoms. The molecule has 0 saturated carbocycles. The van der Waals surface area contributed by atoms with Gasteiger partial charge < -0.3 is 0 Å². The standard InChI is InChI=1S/C10H15ClN2/c1-3-13-8-10(7-12-13)9(2)5-4-6-11/h5,7-8H,3-4,6H2,1-2H3. The molecule has 0 radical (unpaired) electrons. The molecule has 0 aliphatic heterocycles. The summed E-state index contributed by atoms with van der Waals surface area (Å²) in [5, 5.41) is 4.21. The fraction of sp³-hybridized carbons (Fsp3) is 0.500. The van der Waals surface area contributed by atoms with E-state index in [2.05, 4.69) is 31.2 Å². The third kappa shape index (κ3) is 2.88. The zero-order valence-electron chi connectivity index (χ0n) is 8.13. The summed E-state index contributed by atoms with van der Waals surface area (Å²) in [5.41, 5.74) is 2.44. The highest BCUT2D eigenvalue weighted by Crippen LogP contribution is 2.13. The summed E-state index contributed by atoms with van der Waals surface area (Å²) in [4.78, 5) is 0. The summed E-state index contributed by atoms with van der Waals surface area (Å²) in [5.74, 6) is 0.680. The van der Waals surface area contributed by atoms with E-state index < -0.39 is 0 Å². The summed E-state index contributed by atoms with van der Waals surface area (Å²) in [6.07, 6.45) is 7.01. The number of nitrogens with zero attached hydrogens (tertiary/aromatic N) is 2. The van der Waals surface area contributed by atoms with Crippen LogP contribution in [0.3, 0.4) is 0 Å². The highest BCUT2D eigenvalue weighted by molar-refractivity contribution is 6.17. The van der Waals surface area contributed by atoms with Crippen molar-refractivity contribution in [2.24, 2.45) is 0 Å². The van der Waals surface area contributed by atoms with E-state index in [-0.39, 0.29) is 0 Å². The summed E-state index contributed by atoms with van der Waals surface area (Å²) in [7, 11) is 0. The van der Waals surface area contributed by atoms with Gasteiger partial charge in [-0.2, -0.15) is 5.10 Å². The Morgan fingerprint density at radius 2 is 2.46 bits per heavy atom. The van der Waals surface area contributed by atoms with Gasteiger partial charge in [0.1, 0.15) is 0 Å². The maximum Gasteiger partial charge on any atom is 0.0564 e. The lowest BCUT2D eigenvalue weighted by atomic mass is 10.1. The molecule has 13 heavy (non-hydrogen) atoms. The first-order valence-electron chi connectivity index (χ1n) is 4.53. The number of halogens is 1.